The molecule has 2 aromatic rings. The van der Waals surface area contributed by atoms with Gasteiger partial charge in [0.1, 0.15) is 6.54 Å². The highest BCUT2D eigenvalue weighted by Gasteiger charge is 2.02. The summed E-state index contributed by atoms with van der Waals surface area (Å²) in [7, 11) is 0. The molecule has 0 aliphatic rings. The second-order valence-corrected chi connectivity index (χ2v) is 4.43. The summed E-state index contributed by atoms with van der Waals surface area (Å²) in [6.07, 6.45) is 0. The fraction of sp³-hybridized carbons (Fsp3) is 0.294. The van der Waals surface area contributed by atoms with Crippen LogP contribution in [0.4, 0.5) is 0 Å². The maximum Gasteiger partial charge on any atom is 0.103 e. The summed E-state index contributed by atoms with van der Waals surface area (Å²) < 4.78 is 0. The van der Waals surface area contributed by atoms with Gasteiger partial charge in [0.2, 0.25) is 0 Å². The molecule has 1 N–H and O–H groups in total. The zero-order valence-electron chi connectivity index (χ0n) is 11.8. The van der Waals surface area contributed by atoms with E-state index in [1.165, 1.54) is 30.8 Å². The molecule has 0 aliphatic carbocycles. The van der Waals surface area contributed by atoms with E-state index in [2.05, 4.69) is 44.2 Å². The first-order chi connectivity index (χ1) is 9.26. The molecule has 2 aromatic carbocycles. The maximum absolute atomic E-state index is 10.3. The molecule has 0 aliphatic heterocycles. The number of para-hydroxylation sites is 1. The topological polar surface area (TPSA) is 27.5 Å². The molecule has 19 heavy (non-hydrogen) atoms. The summed E-state index contributed by atoms with van der Waals surface area (Å²) in [4.78, 5) is 1.64. The minimum Gasteiger partial charge on any atom is -0.872 e. The van der Waals surface area contributed by atoms with Crippen LogP contribution in [0, 0.1) is 0 Å². The second-order valence-electron chi connectivity index (χ2n) is 4.43. The van der Waals surface area contributed by atoms with E-state index in [1.54, 1.807) is 17.0 Å². The van der Waals surface area contributed by atoms with E-state index in [0.717, 1.165) is 6.54 Å². The van der Waals surface area contributed by atoms with E-state index in [4.69, 9.17) is 0 Å². The molecule has 0 bridgehead atoms. The highest BCUT2D eigenvalue weighted by Crippen LogP contribution is 1.98. The number of hydrogen-bond donors (Lipinski definition) is 1. The van der Waals surface area contributed by atoms with Gasteiger partial charge < -0.3 is 10.0 Å². The van der Waals surface area contributed by atoms with Gasteiger partial charge in [0.25, 0.3) is 0 Å². The average molecular weight is 257 g/mol. The van der Waals surface area contributed by atoms with Crippen LogP contribution in [0.5, 0.6) is 5.75 Å². The van der Waals surface area contributed by atoms with Crippen LogP contribution >= 0.6 is 0 Å². The summed E-state index contributed by atoms with van der Waals surface area (Å²) in [5.41, 5.74) is 1.44. The Morgan fingerprint density at radius 2 is 1.26 bits per heavy atom. The van der Waals surface area contributed by atoms with E-state index >= 15 is 0 Å². The lowest BCUT2D eigenvalue weighted by Gasteiger charge is -2.14. The Kier molecular flexibility index (Phi) is 7.37. The fourth-order valence-electron chi connectivity index (χ4n) is 1.81. The third-order valence-corrected chi connectivity index (χ3v) is 3.04. The quantitative estimate of drug-likeness (QED) is 0.889. The molecule has 102 valence electrons. The van der Waals surface area contributed by atoms with Crippen LogP contribution < -0.4 is 10.0 Å². The zero-order valence-corrected chi connectivity index (χ0v) is 11.8. The van der Waals surface area contributed by atoms with Crippen LogP contribution in [0.1, 0.15) is 19.4 Å². The Bertz CT molecular complexity index is 424. The predicted octanol–water partition coefficient (Wildman–Crippen LogP) is 1.87. The van der Waals surface area contributed by atoms with Gasteiger partial charge in [-0.05, 0) is 13.8 Å². The van der Waals surface area contributed by atoms with Crippen LogP contribution in [0.25, 0.3) is 0 Å². The average Bonchev–Trinajstić information content (AvgIpc) is 2.47. The van der Waals surface area contributed by atoms with Crippen molar-refractivity contribution < 1.29 is 10.0 Å². The fourth-order valence-corrected chi connectivity index (χ4v) is 1.81. The Morgan fingerprint density at radius 1 is 0.789 bits per heavy atom. The molecule has 2 rings (SSSR count). The molecular formula is C17H23NO. The van der Waals surface area contributed by atoms with Crippen LogP contribution in [0.15, 0.2) is 60.7 Å². The third-order valence-electron chi connectivity index (χ3n) is 3.04. The van der Waals surface area contributed by atoms with Crippen molar-refractivity contribution in [3.63, 3.8) is 0 Å². The minimum absolute atomic E-state index is 0.0718. The highest BCUT2D eigenvalue weighted by molar-refractivity contribution is 5.17. The second kappa shape index (κ2) is 9.17. The van der Waals surface area contributed by atoms with E-state index < -0.39 is 0 Å². The number of hydrogen-bond acceptors (Lipinski definition) is 1. The van der Waals surface area contributed by atoms with Crippen molar-refractivity contribution in [2.45, 2.75) is 20.4 Å². The molecule has 0 saturated heterocycles. The lowest BCUT2D eigenvalue weighted by molar-refractivity contribution is -0.910. The third kappa shape index (κ3) is 6.63. The van der Waals surface area contributed by atoms with Crippen LogP contribution in [-0.2, 0) is 6.54 Å². The van der Waals surface area contributed by atoms with Crippen molar-refractivity contribution in [2.75, 3.05) is 13.1 Å². The molecule has 0 aromatic heterocycles. The Hall–Kier alpha value is -1.80. The highest BCUT2D eigenvalue weighted by atomic mass is 16.3. The Balaban J connectivity index is 0.000000218. The summed E-state index contributed by atoms with van der Waals surface area (Å²) >= 11 is 0. The van der Waals surface area contributed by atoms with Crippen molar-refractivity contribution >= 4 is 0 Å². The molecule has 2 heteroatoms. The standard InChI is InChI=1S/C11H17N.C6H6O/c1-3-12(4-2)10-11-8-6-5-7-9-11;7-6-4-2-1-3-5-6/h5-9H,3-4,10H2,1-2H3;1-5,7H. The number of nitrogens with one attached hydrogen (secondary N) is 1. The molecule has 0 spiro atoms. The molecule has 0 atom stereocenters. The van der Waals surface area contributed by atoms with Crippen molar-refractivity contribution in [3.05, 3.63) is 66.2 Å². The van der Waals surface area contributed by atoms with Crippen LogP contribution in [-0.4, -0.2) is 13.1 Å². The SMILES string of the molecule is CC[NH+](CC)Cc1ccccc1.[O-]c1ccccc1. The Labute approximate surface area is 116 Å². The van der Waals surface area contributed by atoms with E-state index in [9.17, 15) is 5.11 Å². The van der Waals surface area contributed by atoms with Gasteiger partial charge in [0.05, 0.1) is 13.1 Å². The van der Waals surface area contributed by atoms with Crippen molar-refractivity contribution in [3.8, 4) is 5.75 Å². The molecule has 0 heterocycles. The predicted molar refractivity (Wildman–Crippen MR) is 78.1 cm³/mol. The first-order valence-corrected chi connectivity index (χ1v) is 6.85. The molecule has 0 saturated carbocycles. The lowest BCUT2D eigenvalue weighted by atomic mass is 10.2. The van der Waals surface area contributed by atoms with Gasteiger partial charge in [-0.3, -0.25) is 0 Å². The maximum atomic E-state index is 10.3. The van der Waals surface area contributed by atoms with E-state index in [-0.39, 0.29) is 5.75 Å². The normalized spacial score (nSPS) is 9.84. The van der Waals surface area contributed by atoms with Crippen molar-refractivity contribution in [2.24, 2.45) is 0 Å². The molecular weight excluding hydrogens is 234 g/mol. The molecule has 0 radical (unpaired) electrons. The van der Waals surface area contributed by atoms with Crippen molar-refractivity contribution in [1.29, 1.82) is 0 Å². The van der Waals surface area contributed by atoms with Crippen LogP contribution in [0.3, 0.4) is 0 Å². The van der Waals surface area contributed by atoms with Crippen LogP contribution in [0.2, 0.25) is 0 Å². The smallest absolute Gasteiger partial charge is 0.103 e. The first-order valence-electron chi connectivity index (χ1n) is 6.85. The summed E-state index contributed by atoms with van der Waals surface area (Å²) in [5.74, 6) is 0.0718. The molecule has 2 nitrogen and oxygen atoms in total. The number of rotatable bonds is 4. The summed E-state index contributed by atoms with van der Waals surface area (Å²) in [5, 5.41) is 10.3. The van der Waals surface area contributed by atoms with Gasteiger partial charge in [0.15, 0.2) is 0 Å². The van der Waals surface area contributed by atoms with Gasteiger partial charge in [-0.15, -0.1) is 5.75 Å². The molecule has 0 fully saturated rings. The van der Waals surface area contributed by atoms with E-state index in [0.29, 0.717) is 0 Å². The van der Waals surface area contributed by atoms with Gasteiger partial charge in [-0.25, -0.2) is 0 Å². The summed E-state index contributed by atoms with van der Waals surface area (Å²) in [6.45, 7) is 8.06. The number of quaternary nitrogens is 1. The van der Waals surface area contributed by atoms with Crippen molar-refractivity contribution in [1.82, 2.24) is 0 Å². The summed E-state index contributed by atoms with van der Waals surface area (Å²) in [6, 6.07) is 19.0. The largest absolute Gasteiger partial charge is 0.872 e. The van der Waals surface area contributed by atoms with Gasteiger partial charge in [0, 0.05) is 5.56 Å². The van der Waals surface area contributed by atoms with Gasteiger partial charge in [-0.1, -0.05) is 60.7 Å². The first kappa shape index (κ1) is 15.3. The monoisotopic (exact) mass is 257 g/mol. The minimum atomic E-state index is 0.0718. The molecule has 0 unspecified atom stereocenters. The lowest BCUT2D eigenvalue weighted by Crippen LogP contribution is -3.10. The van der Waals surface area contributed by atoms with E-state index in [1.807, 2.05) is 6.07 Å². The van der Waals surface area contributed by atoms with Gasteiger partial charge in [-0.2, -0.15) is 0 Å². The Morgan fingerprint density at radius 3 is 1.63 bits per heavy atom. The zero-order chi connectivity index (χ0) is 13.9. The number of benzene rings is 2. The van der Waals surface area contributed by atoms with Gasteiger partial charge >= 0.3 is 0 Å². The molecule has 0 amide bonds.